The Balaban J connectivity index is 1.84. The van der Waals surface area contributed by atoms with Crippen LogP contribution in [0, 0.1) is 13.8 Å². The van der Waals surface area contributed by atoms with Crippen LogP contribution in [0.2, 0.25) is 0 Å². The minimum Gasteiger partial charge on any atom is -0.169 e. The normalized spacial score (nSPS) is 13.7. The molecular formula is C32H22F12. The first-order chi connectivity index (χ1) is 20.2. The largest absolute Gasteiger partial charge is 0.411 e. The van der Waals surface area contributed by atoms with E-state index >= 15 is 0 Å². The molecule has 234 valence electrons. The van der Waals surface area contributed by atoms with E-state index in [9.17, 15) is 52.7 Å². The Kier molecular flexibility index (Phi) is 8.15. The maximum absolute atomic E-state index is 14.4. The van der Waals surface area contributed by atoms with Gasteiger partial charge < -0.3 is 0 Å². The zero-order chi connectivity index (χ0) is 32.9. The molecule has 0 aromatic heterocycles. The number of hydrogen-bond donors (Lipinski definition) is 0. The summed E-state index contributed by atoms with van der Waals surface area (Å²) in [5.41, 5.74) is -12.6. The topological polar surface area (TPSA) is 0 Å². The molecule has 0 amide bonds. The molecule has 0 saturated heterocycles. The second-order valence-corrected chi connectivity index (χ2v) is 10.4. The maximum atomic E-state index is 14.4. The van der Waals surface area contributed by atoms with Crippen molar-refractivity contribution in [2.75, 3.05) is 0 Å². The van der Waals surface area contributed by atoms with Crippen molar-refractivity contribution in [1.82, 2.24) is 0 Å². The number of aryl methyl sites for hydroxylation is 2. The summed E-state index contributed by atoms with van der Waals surface area (Å²) < 4.78 is 172. The third kappa shape index (κ3) is 5.21. The van der Waals surface area contributed by atoms with Crippen LogP contribution >= 0.6 is 0 Å². The van der Waals surface area contributed by atoms with Crippen molar-refractivity contribution in [2.45, 2.75) is 49.4 Å². The molecule has 0 bridgehead atoms. The van der Waals surface area contributed by atoms with E-state index in [2.05, 4.69) is 0 Å². The summed E-state index contributed by atoms with van der Waals surface area (Å²) in [6.45, 7) is 2.97. The Morgan fingerprint density at radius 2 is 0.477 bits per heavy atom. The Morgan fingerprint density at radius 3 is 0.659 bits per heavy atom. The van der Waals surface area contributed by atoms with Crippen LogP contribution in [0.4, 0.5) is 52.7 Å². The Hall–Kier alpha value is -3.96. The van der Waals surface area contributed by atoms with Gasteiger partial charge in [0, 0.05) is 0 Å². The molecule has 0 saturated carbocycles. The van der Waals surface area contributed by atoms with Gasteiger partial charge >= 0.3 is 24.7 Å². The predicted octanol–water partition coefficient (Wildman–Crippen LogP) is 10.8. The van der Waals surface area contributed by atoms with Crippen LogP contribution in [0.25, 0.3) is 11.1 Å². The Morgan fingerprint density at radius 1 is 0.295 bits per heavy atom. The summed E-state index contributed by atoms with van der Waals surface area (Å²) in [5, 5.41) is 0. The number of rotatable bonds is 5. The molecule has 0 fully saturated rings. The van der Waals surface area contributed by atoms with Crippen LogP contribution in [0.5, 0.6) is 0 Å². The second-order valence-electron chi connectivity index (χ2n) is 10.4. The molecule has 4 aromatic rings. The molecule has 0 unspecified atom stereocenters. The van der Waals surface area contributed by atoms with Gasteiger partial charge in [-0.15, -0.1) is 0 Å². The van der Waals surface area contributed by atoms with Crippen molar-refractivity contribution in [3.8, 4) is 11.1 Å². The van der Waals surface area contributed by atoms with E-state index in [4.69, 9.17) is 0 Å². The molecule has 0 aliphatic heterocycles. The molecule has 0 nitrogen and oxygen atoms in total. The smallest absolute Gasteiger partial charge is 0.169 e. The van der Waals surface area contributed by atoms with Crippen molar-refractivity contribution < 1.29 is 52.7 Å². The predicted molar refractivity (Wildman–Crippen MR) is 140 cm³/mol. The third-order valence-electron chi connectivity index (χ3n) is 7.64. The van der Waals surface area contributed by atoms with Crippen molar-refractivity contribution in [2.24, 2.45) is 0 Å². The van der Waals surface area contributed by atoms with E-state index in [1.165, 1.54) is 13.8 Å². The molecular weight excluding hydrogens is 612 g/mol. The zero-order valence-corrected chi connectivity index (χ0v) is 22.8. The molecule has 44 heavy (non-hydrogen) atoms. The molecule has 0 aliphatic carbocycles. The minimum atomic E-state index is -5.84. The number of halogens is 12. The Labute approximate surface area is 244 Å². The fourth-order valence-electron chi connectivity index (χ4n) is 5.40. The summed E-state index contributed by atoms with van der Waals surface area (Å²) in [7, 11) is 0. The first kappa shape index (κ1) is 32.9. The van der Waals surface area contributed by atoms with Crippen molar-refractivity contribution in [3.63, 3.8) is 0 Å². The van der Waals surface area contributed by atoms with Gasteiger partial charge in [-0.25, -0.2) is 0 Å². The average molecular weight is 635 g/mol. The molecule has 4 aromatic carbocycles. The van der Waals surface area contributed by atoms with E-state index in [1.807, 2.05) is 0 Å². The highest BCUT2D eigenvalue weighted by Crippen LogP contribution is 2.58. The van der Waals surface area contributed by atoms with Crippen LogP contribution in [0.3, 0.4) is 0 Å². The summed E-state index contributed by atoms with van der Waals surface area (Å²) in [6.07, 6.45) is -23.3. The summed E-state index contributed by atoms with van der Waals surface area (Å²) in [4.78, 5) is 0. The lowest BCUT2D eigenvalue weighted by Crippen LogP contribution is -2.54. The SMILES string of the molecule is Cc1ccc(C(c2ccc(-c3ccc(C(c4ccc(C)cc4)(C(F)(F)F)C(F)(F)F)cc3)cc2)(C(F)(F)F)C(F)(F)F)cc1. The lowest BCUT2D eigenvalue weighted by molar-refractivity contribution is -0.290. The van der Waals surface area contributed by atoms with Crippen LogP contribution < -0.4 is 0 Å². The third-order valence-corrected chi connectivity index (χ3v) is 7.64. The summed E-state index contributed by atoms with van der Waals surface area (Å²) >= 11 is 0. The number of alkyl halides is 12. The molecule has 0 N–H and O–H groups in total. The standard InChI is InChI=1S/C32H22F12/c1-19-3-11-23(12-4-19)27(29(33,34)35,30(36,37)38)25-15-7-21(8-16-25)22-9-17-26(18-10-22)28(31(39,40)41,32(42,43)44)24-13-5-20(2)6-14-24/h3-18H,1-2H3. The first-order valence-electron chi connectivity index (χ1n) is 12.8. The Bertz CT molecular complexity index is 1420. The van der Waals surface area contributed by atoms with Gasteiger partial charge in [0.2, 0.25) is 10.8 Å². The molecule has 0 atom stereocenters. The summed E-state index contributed by atoms with van der Waals surface area (Å²) in [5.74, 6) is 0. The minimum absolute atomic E-state index is 0.0394. The van der Waals surface area contributed by atoms with Gasteiger partial charge in [0.05, 0.1) is 0 Å². The lowest BCUT2D eigenvalue weighted by Gasteiger charge is -2.38. The van der Waals surface area contributed by atoms with Gasteiger partial charge in [-0.3, -0.25) is 0 Å². The van der Waals surface area contributed by atoms with Gasteiger partial charge in [-0.05, 0) is 47.2 Å². The molecule has 4 rings (SSSR count). The van der Waals surface area contributed by atoms with Gasteiger partial charge in [0.15, 0.2) is 0 Å². The molecule has 0 aliphatic rings. The molecule has 0 spiro atoms. The highest BCUT2D eigenvalue weighted by atomic mass is 19.4. The van der Waals surface area contributed by atoms with Crippen LogP contribution in [0.15, 0.2) is 97.1 Å². The fraction of sp³-hybridized carbons (Fsp3) is 0.250. The monoisotopic (exact) mass is 634 g/mol. The fourth-order valence-corrected chi connectivity index (χ4v) is 5.40. The van der Waals surface area contributed by atoms with E-state index in [0.29, 0.717) is 35.4 Å². The van der Waals surface area contributed by atoms with Crippen LogP contribution in [-0.2, 0) is 10.8 Å². The van der Waals surface area contributed by atoms with Gasteiger partial charge in [0.1, 0.15) is 0 Å². The highest BCUT2D eigenvalue weighted by molar-refractivity contribution is 5.65. The van der Waals surface area contributed by atoms with Gasteiger partial charge in [0.25, 0.3) is 0 Å². The second kappa shape index (κ2) is 10.9. The van der Waals surface area contributed by atoms with Crippen molar-refractivity contribution in [3.05, 3.63) is 130 Å². The number of benzene rings is 4. The molecule has 12 heteroatoms. The van der Waals surface area contributed by atoms with Crippen molar-refractivity contribution >= 4 is 0 Å². The highest BCUT2D eigenvalue weighted by Gasteiger charge is 2.73. The first-order valence-corrected chi connectivity index (χ1v) is 12.8. The number of hydrogen-bond acceptors (Lipinski definition) is 0. The van der Waals surface area contributed by atoms with Gasteiger partial charge in [-0.1, -0.05) is 108 Å². The quantitative estimate of drug-likeness (QED) is 0.192. The lowest BCUT2D eigenvalue weighted by atomic mass is 9.72. The van der Waals surface area contributed by atoms with E-state index in [0.717, 1.165) is 72.8 Å². The maximum Gasteiger partial charge on any atom is 0.411 e. The van der Waals surface area contributed by atoms with Crippen molar-refractivity contribution in [1.29, 1.82) is 0 Å². The van der Waals surface area contributed by atoms with E-state index in [1.54, 1.807) is 0 Å². The van der Waals surface area contributed by atoms with Crippen LogP contribution in [0.1, 0.15) is 33.4 Å². The zero-order valence-electron chi connectivity index (χ0n) is 22.8. The van der Waals surface area contributed by atoms with E-state index < -0.39 is 57.8 Å². The van der Waals surface area contributed by atoms with Gasteiger partial charge in [-0.2, -0.15) is 52.7 Å². The molecule has 0 radical (unpaired) electrons. The average Bonchev–Trinajstić information content (AvgIpc) is 2.89. The summed E-state index contributed by atoms with van der Waals surface area (Å²) in [6, 6.07) is 13.3. The van der Waals surface area contributed by atoms with E-state index in [-0.39, 0.29) is 11.1 Å². The van der Waals surface area contributed by atoms with Crippen LogP contribution in [-0.4, -0.2) is 24.7 Å². The molecule has 0 heterocycles.